The third kappa shape index (κ3) is 8.95. The average molecular weight is 1180 g/mol. The number of hydrogen-bond donors (Lipinski definition) is 0. The molecule has 15 rings (SSSR count). The van der Waals surface area contributed by atoms with Gasteiger partial charge in [0.1, 0.15) is 11.2 Å². The van der Waals surface area contributed by atoms with Crippen LogP contribution < -0.4 is 25.5 Å². The third-order valence-electron chi connectivity index (χ3n) is 23.2. The van der Waals surface area contributed by atoms with Crippen molar-refractivity contribution in [1.82, 2.24) is 0 Å². The summed E-state index contributed by atoms with van der Waals surface area (Å²) in [7, 11) is 0. The van der Waals surface area contributed by atoms with Crippen molar-refractivity contribution in [2.24, 2.45) is 0 Å². The van der Waals surface area contributed by atoms with E-state index >= 15 is 0 Å². The number of fused-ring (bicyclic) bond motifs is 12. The van der Waals surface area contributed by atoms with Crippen LogP contribution in [0.3, 0.4) is 0 Å². The summed E-state index contributed by atoms with van der Waals surface area (Å²) < 4.78 is 7.36. The van der Waals surface area contributed by atoms with Crippen molar-refractivity contribution in [3.8, 4) is 11.1 Å². The van der Waals surface area contributed by atoms with Gasteiger partial charge in [0, 0.05) is 67.9 Å². The van der Waals surface area contributed by atoms with Crippen LogP contribution in [-0.4, -0.2) is 6.85 Å². The van der Waals surface area contributed by atoms with Gasteiger partial charge in [-0.2, -0.15) is 0 Å². The molecule has 5 heteroatoms. The Hall–Kier alpha value is -7.50. The standard InChI is InChI=1S/C85H94BN3O/c1-51-42-64-67(84(16,17)40-38-81(64,10)11)48-71(51)88-72-50-75-61(60-46-66-68(49-74(60)90-75)85(18,19)41-39-83(66,14)15)47-69(72)86-77-73(88)43-52-22-20-21-23-59(52)76(77)62-44-57(33-35-70(62)89(86)58-32-34-63-65(45-58)82(12,13)37-36-80(63,8)9)87(55-28-24-53(25-29-55)78(2,3)4)56-30-26-54(27-31-56)79(5,6)7/h20-35,42-50H,36-41H2,1-19H3. The summed E-state index contributed by atoms with van der Waals surface area (Å²) in [5.74, 6) is 0. The van der Waals surface area contributed by atoms with E-state index in [1.54, 1.807) is 0 Å². The Morgan fingerprint density at radius 2 is 0.900 bits per heavy atom. The van der Waals surface area contributed by atoms with E-state index in [0.717, 1.165) is 66.8 Å². The maximum absolute atomic E-state index is 7.36. The number of benzene rings is 9. The van der Waals surface area contributed by atoms with Crippen LogP contribution in [0.5, 0.6) is 0 Å². The van der Waals surface area contributed by atoms with Gasteiger partial charge >= 0.3 is 6.85 Å². The van der Waals surface area contributed by atoms with Crippen molar-refractivity contribution in [2.75, 3.05) is 14.6 Å². The first-order valence-corrected chi connectivity index (χ1v) is 33.9. The first kappa shape index (κ1) is 58.9. The van der Waals surface area contributed by atoms with Crippen LogP contribution in [-0.2, 0) is 43.3 Å². The fourth-order valence-electron chi connectivity index (χ4n) is 17.1. The number of rotatable bonds is 5. The van der Waals surface area contributed by atoms with Gasteiger partial charge in [-0.05, 0) is 245 Å². The maximum atomic E-state index is 7.36. The van der Waals surface area contributed by atoms with E-state index in [1.165, 1.54) is 122 Å². The summed E-state index contributed by atoms with van der Waals surface area (Å²) in [6.45, 7) is 45.6. The Morgan fingerprint density at radius 1 is 0.411 bits per heavy atom. The lowest BCUT2D eigenvalue weighted by atomic mass is 9.43. The fraction of sp³-hybridized carbons (Fsp3) is 0.388. The molecule has 0 unspecified atom stereocenters. The molecule has 0 bridgehead atoms. The molecule has 1 aromatic heterocycles. The molecule has 0 N–H and O–H groups in total. The molecule has 0 saturated heterocycles. The Bertz CT molecular complexity index is 4590. The van der Waals surface area contributed by atoms with Crippen molar-refractivity contribution in [3.05, 3.63) is 202 Å². The zero-order valence-electron chi connectivity index (χ0n) is 57.5. The molecule has 0 fully saturated rings. The van der Waals surface area contributed by atoms with Gasteiger partial charge in [0.05, 0.1) is 0 Å². The second-order valence-corrected chi connectivity index (χ2v) is 34.3. The molecule has 0 atom stereocenters. The average Bonchev–Trinajstić information content (AvgIpc) is 0.846. The highest BCUT2D eigenvalue weighted by molar-refractivity contribution is 6.94. The number of anilines is 8. The van der Waals surface area contributed by atoms with Gasteiger partial charge in [-0.25, -0.2) is 0 Å². The monoisotopic (exact) mass is 1180 g/mol. The largest absolute Gasteiger partial charge is 0.456 e. The molecule has 458 valence electrons. The predicted molar refractivity (Wildman–Crippen MR) is 388 cm³/mol. The topological polar surface area (TPSA) is 22.9 Å². The van der Waals surface area contributed by atoms with Crippen LogP contribution in [0, 0.1) is 6.92 Å². The van der Waals surface area contributed by atoms with E-state index in [9.17, 15) is 0 Å². The van der Waals surface area contributed by atoms with E-state index < -0.39 is 0 Å². The zero-order chi connectivity index (χ0) is 63.5. The lowest BCUT2D eigenvalue weighted by Gasteiger charge is -2.48. The normalized spacial score (nSPS) is 18.8. The van der Waals surface area contributed by atoms with Crippen molar-refractivity contribution in [3.63, 3.8) is 0 Å². The van der Waals surface area contributed by atoms with Crippen LogP contribution >= 0.6 is 0 Å². The van der Waals surface area contributed by atoms with Crippen LogP contribution in [0.4, 0.5) is 45.5 Å². The summed E-state index contributed by atoms with van der Waals surface area (Å²) in [6, 6.07) is 60.8. The van der Waals surface area contributed by atoms with Crippen LogP contribution in [0.1, 0.15) is 213 Å². The molecule has 9 aromatic carbocycles. The second kappa shape index (κ2) is 19.3. The van der Waals surface area contributed by atoms with E-state index in [1.807, 2.05) is 0 Å². The van der Waals surface area contributed by atoms with Gasteiger partial charge < -0.3 is 19.0 Å². The Labute approximate surface area is 538 Å². The summed E-state index contributed by atoms with van der Waals surface area (Å²) in [6.07, 6.45) is 6.90. The third-order valence-corrected chi connectivity index (χ3v) is 23.2. The first-order chi connectivity index (χ1) is 42.2. The molecule has 3 heterocycles. The summed E-state index contributed by atoms with van der Waals surface area (Å²) in [4.78, 5) is 7.97. The SMILES string of the molecule is Cc1cc2c(cc1N1c3cc4oc5cc6c(cc5c4cc3B3c4c1cc1ccccc1c4-c1cc(N(c4ccc(C(C)(C)C)cc4)c4ccc(C(C)(C)C)cc4)ccc1N3c1ccc3c(c1)C(C)(C)CCC3(C)C)C(C)(C)CCC6(C)C)C(C)(C)CCC2(C)C. The number of aryl methyl sites for hydroxylation is 1. The minimum Gasteiger partial charge on any atom is -0.456 e. The van der Waals surface area contributed by atoms with Gasteiger partial charge in [-0.15, -0.1) is 0 Å². The minimum atomic E-state index is -0.219. The molecule has 2 aliphatic heterocycles. The van der Waals surface area contributed by atoms with E-state index in [2.05, 4.69) is 298 Å². The quantitative estimate of drug-likeness (QED) is 0.160. The predicted octanol–water partition coefficient (Wildman–Crippen LogP) is 22.9. The zero-order valence-corrected chi connectivity index (χ0v) is 57.5. The van der Waals surface area contributed by atoms with Gasteiger partial charge in [-0.1, -0.05) is 191 Å². The Kier molecular flexibility index (Phi) is 12.6. The molecular formula is C85H94BN3O. The van der Waals surface area contributed by atoms with Gasteiger partial charge in [0.15, 0.2) is 0 Å². The van der Waals surface area contributed by atoms with E-state index in [-0.39, 0.29) is 50.2 Å². The second-order valence-electron chi connectivity index (χ2n) is 34.3. The number of furan rings is 1. The molecule has 0 amide bonds. The fourth-order valence-corrected chi connectivity index (χ4v) is 17.1. The van der Waals surface area contributed by atoms with Crippen molar-refractivity contribution in [2.45, 2.75) is 213 Å². The van der Waals surface area contributed by atoms with Crippen LogP contribution in [0.2, 0.25) is 0 Å². The van der Waals surface area contributed by atoms with E-state index in [4.69, 9.17) is 4.42 Å². The molecule has 5 aliphatic rings. The molecule has 90 heavy (non-hydrogen) atoms. The molecule has 0 spiro atoms. The van der Waals surface area contributed by atoms with Crippen molar-refractivity contribution < 1.29 is 4.42 Å². The molecular weight excluding hydrogens is 1090 g/mol. The Balaban J connectivity index is 1.07. The molecule has 3 aliphatic carbocycles. The van der Waals surface area contributed by atoms with Crippen molar-refractivity contribution >= 4 is 96.0 Å². The molecule has 10 aromatic rings. The lowest BCUT2D eigenvalue weighted by Crippen LogP contribution is -2.61. The number of nitrogens with zero attached hydrogens (tertiary/aromatic N) is 3. The molecule has 0 saturated carbocycles. The lowest BCUT2D eigenvalue weighted by molar-refractivity contribution is 0.332. The van der Waals surface area contributed by atoms with Crippen LogP contribution in [0.25, 0.3) is 43.8 Å². The minimum absolute atomic E-state index is 0.00639. The molecule has 0 radical (unpaired) electrons. The maximum Gasteiger partial charge on any atom is 0.333 e. The highest BCUT2D eigenvalue weighted by atomic mass is 16.3. The highest BCUT2D eigenvalue weighted by Gasteiger charge is 2.49. The Morgan fingerprint density at radius 3 is 1.48 bits per heavy atom. The first-order valence-electron chi connectivity index (χ1n) is 33.9. The molecule has 4 nitrogen and oxygen atoms in total. The van der Waals surface area contributed by atoms with E-state index in [0.29, 0.717) is 0 Å². The van der Waals surface area contributed by atoms with Crippen molar-refractivity contribution in [1.29, 1.82) is 0 Å². The number of hydrogen-bond acceptors (Lipinski definition) is 4. The summed E-state index contributed by atoms with van der Waals surface area (Å²) >= 11 is 0. The highest BCUT2D eigenvalue weighted by Crippen LogP contribution is 2.57. The smallest absolute Gasteiger partial charge is 0.333 e. The summed E-state index contributed by atoms with van der Waals surface area (Å²) in [5.41, 5.74) is 29.4. The van der Waals surface area contributed by atoms with Gasteiger partial charge in [-0.3, -0.25) is 0 Å². The van der Waals surface area contributed by atoms with Gasteiger partial charge in [0.2, 0.25) is 0 Å². The van der Waals surface area contributed by atoms with Gasteiger partial charge in [0.25, 0.3) is 0 Å². The summed E-state index contributed by atoms with van der Waals surface area (Å²) in [5, 5.41) is 4.88. The van der Waals surface area contributed by atoms with Crippen LogP contribution in [0.15, 0.2) is 156 Å².